The van der Waals surface area contributed by atoms with Gasteiger partial charge in [-0.25, -0.2) is 17.2 Å². The summed E-state index contributed by atoms with van der Waals surface area (Å²) in [7, 11) is -4.32. The number of halogens is 2. The summed E-state index contributed by atoms with van der Waals surface area (Å²) in [5.41, 5.74) is 1.70. The lowest BCUT2D eigenvalue weighted by Crippen LogP contribution is -2.41. The lowest BCUT2D eigenvalue weighted by atomic mass is 10.2. The maximum absolute atomic E-state index is 13.6. The standard InChI is InChI=1S/C16H14F2N2O4S/c1-2-7-24-13-9-11(8-12(17)10-13)16(21)19-20-25(22,23)15-6-4-3-5-14(15)18/h2-6,8-10,20H,1,7H2,(H,19,21). The van der Waals surface area contributed by atoms with E-state index in [2.05, 4.69) is 6.58 Å². The number of sulfonamides is 1. The van der Waals surface area contributed by atoms with Crippen LogP contribution in [0.15, 0.2) is 60.0 Å². The van der Waals surface area contributed by atoms with Crippen LogP contribution < -0.4 is 15.0 Å². The van der Waals surface area contributed by atoms with Gasteiger partial charge in [-0.05, 0) is 24.3 Å². The van der Waals surface area contributed by atoms with Crippen molar-refractivity contribution in [1.82, 2.24) is 10.3 Å². The van der Waals surface area contributed by atoms with Gasteiger partial charge in [-0.2, -0.15) is 0 Å². The Labute approximate surface area is 143 Å². The van der Waals surface area contributed by atoms with Crippen LogP contribution in [-0.4, -0.2) is 20.9 Å². The van der Waals surface area contributed by atoms with Crippen molar-refractivity contribution in [2.45, 2.75) is 4.90 Å². The van der Waals surface area contributed by atoms with E-state index in [-0.39, 0.29) is 17.9 Å². The van der Waals surface area contributed by atoms with Crippen LogP contribution >= 0.6 is 0 Å². The molecule has 0 aromatic heterocycles. The molecule has 0 radical (unpaired) electrons. The monoisotopic (exact) mass is 368 g/mol. The topological polar surface area (TPSA) is 84.5 Å². The van der Waals surface area contributed by atoms with Gasteiger partial charge in [-0.15, -0.1) is 4.83 Å². The molecule has 0 bridgehead atoms. The Morgan fingerprint density at radius 2 is 1.92 bits per heavy atom. The molecule has 2 rings (SSSR count). The molecule has 0 saturated carbocycles. The molecule has 9 heteroatoms. The normalized spacial score (nSPS) is 11.0. The Hall–Kier alpha value is -2.78. The first-order valence-electron chi connectivity index (χ1n) is 6.94. The zero-order valence-corrected chi connectivity index (χ0v) is 13.6. The number of carbonyl (C=O) groups excluding carboxylic acids is 1. The van der Waals surface area contributed by atoms with Crippen molar-refractivity contribution in [2.24, 2.45) is 0 Å². The molecule has 132 valence electrons. The summed E-state index contributed by atoms with van der Waals surface area (Å²) in [6, 6.07) is 7.83. The predicted molar refractivity (Wildman–Crippen MR) is 86.3 cm³/mol. The van der Waals surface area contributed by atoms with Gasteiger partial charge in [0.2, 0.25) is 0 Å². The smallest absolute Gasteiger partial charge is 0.266 e. The number of hydrogen-bond acceptors (Lipinski definition) is 4. The molecule has 2 aromatic rings. The molecule has 2 aromatic carbocycles. The van der Waals surface area contributed by atoms with Gasteiger partial charge in [0.25, 0.3) is 15.9 Å². The maximum atomic E-state index is 13.6. The Morgan fingerprint density at radius 1 is 1.20 bits per heavy atom. The highest BCUT2D eigenvalue weighted by atomic mass is 32.2. The third-order valence-corrected chi connectivity index (χ3v) is 4.21. The number of benzene rings is 2. The molecule has 0 fully saturated rings. The van der Waals surface area contributed by atoms with Crippen LogP contribution in [0.25, 0.3) is 0 Å². The van der Waals surface area contributed by atoms with E-state index >= 15 is 0 Å². The van der Waals surface area contributed by atoms with Gasteiger partial charge >= 0.3 is 0 Å². The highest BCUT2D eigenvalue weighted by Gasteiger charge is 2.20. The van der Waals surface area contributed by atoms with Gasteiger partial charge in [0, 0.05) is 11.6 Å². The van der Waals surface area contributed by atoms with Gasteiger partial charge in [-0.1, -0.05) is 24.8 Å². The average Bonchev–Trinajstić information content (AvgIpc) is 2.57. The summed E-state index contributed by atoms with van der Waals surface area (Å²) in [5.74, 6) is -2.59. The Balaban J connectivity index is 2.13. The van der Waals surface area contributed by atoms with E-state index in [0.29, 0.717) is 0 Å². The van der Waals surface area contributed by atoms with Crippen molar-refractivity contribution in [3.05, 3.63) is 72.3 Å². The first kappa shape index (κ1) is 18.6. The third kappa shape index (κ3) is 4.85. The van der Waals surface area contributed by atoms with E-state index in [1.165, 1.54) is 24.3 Å². The fourth-order valence-electron chi connectivity index (χ4n) is 1.84. The zero-order chi connectivity index (χ0) is 18.4. The van der Waals surface area contributed by atoms with Crippen molar-refractivity contribution in [3.8, 4) is 5.75 Å². The third-order valence-electron chi connectivity index (χ3n) is 2.93. The van der Waals surface area contributed by atoms with E-state index in [0.717, 1.165) is 24.3 Å². The molecule has 0 aliphatic carbocycles. The van der Waals surface area contributed by atoms with Gasteiger partial charge < -0.3 is 4.74 Å². The molecule has 1 amide bonds. The summed E-state index contributed by atoms with van der Waals surface area (Å²) in [6.45, 7) is 3.54. The van der Waals surface area contributed by atoms with Crippen LogP contribution in [0, 0.1) is 11.6 Å². The minimum Gasteiger partial charge on any atom is -0.489 e. The Kier molecular flexibility index (Phi) is 5.84. The van der Waals surface area contributed by atoms with Crippen LogP contribution in [-0.2, 0) is 10.0 Å². The molecule has 0 atom stereocenters. The maximum Gasteiger partial charge on any atom is 0.266 e. The van der Waals surface area contributed by atoms with E-state index < -0.39 is 32.5 Å². The Bertz CT molecular complexity index is 901. The van der Waals surface area contributed by atoms with Crippen LogP contribution in [0.1, 0.15) is 10.4 Å². The summed E-state index contributed by atoms with van der Waals surface area (Å²) in [4.78, 5) is 13.1. The quantitative estimate of drug-likeness (QED) is 0.579. The summed E-state index contributed by atoms with van der Waals surface area (Å²) < 4.78 is 56.2. The number of hydrazine groups is 1. The molecule has 6 nitrogen and oxygen atoms in total. The molecule has 0 aliphatic heterocycles. The molecule has 0 spiro atoms. The summed E-state index contributed by atoms with van der Waals surface area (Å²) in [5, 5.41) is 0. The molecule has 0 heterocycles. The highest BCUT2D eigenvalue weighted by Crippen LogP contribution is 2.17. The van der Waals surface area contributed by atoms with Crippen LogP contribution in [0.3, 0.4) is 0 Å². The lowest BCUT2D eigenvalue weighted by molar-refractivity contribution is 0.0944. The molecule has 0 unspecified atom stereocenters. The van der Waals surface area contributed by atoms with E-state index in [9.17, 15) is 22.0 Å². The number of carbonyl (C=O) groups is 1. The lowest BCUT2D eigenvalue weighted by Gasteiger charge is -2.10. The number of nitrogens with one attached hydrogen (secondary N) is 2. The summed E-state index contributed by atoms with van der Waals surface area (Å²) in [6.07, 6.45) is 1.44. The van der Waals surface area contributed by atoms with E-state index in [1.54, 1.807) is 4.83 Å². The second kappa shape index (κ2) is 7.86. The fourth-order valence-corrected chi connectivity index (χ4v) is 2.76. The number of hydrogen-bond donors (Lipinski definition) is 2. The molecule has 0 aliphatic rings. The number of rotatable bonds is 7. The van der Waals surface area contributed by atoms with Crippen molar-refractivity contribution in [1.29, 1.82) is 0 Å². The predicted octanol–water partition coefficient (Wildman–Crippen LogP) is 2.15. The SMILES string of the molecule is C=CCOc1cc(F)cc(C(=O)NNS(=O)(=O)c2ccccc2F)c1. The average molecular weight is 368 g/mol. The van der Waals surface area contributed by atoms with Crippen LogP contribution in [0.5, 0.6) is 5.75 Å². The van der Waals surface area contributed by atoms with Gasteiger partial charge in [0.15, 0.2) is 0 Å². The van der Waals surface area contributed by atoms with Crippen LogP contribution in [0.2, 0.25) is 0 Å². The van der Waals surface area contributed by atoms with Crippen molar-refractivity contribution in [2.75, 3.05) is 6.61 Å². The van der Waals surface area contributed by atoms with E-state index in [1.807, 2.05) is 5.43 Å². The largest absolute Gasteiger partial charge is 0.489 e. The highest BCUT2D eigenvalue weighted by molar-refractivity contribution is 7.89. The van der Waals surface area contributed by atoms with Gasteiger partial charge in [-0.3, -0.25) is 10.2 Å². The minimum atomic E-state index is -4.32. The first-order valence-corrected chi connectivity index (χ1v) is 8.43. The second-order valence-corrected chi connectivity index (χ2v) is 6.42. The molecule has 2 N–H and O–H groups in total. The fraction of sp³-hybridized carbons (Fsp3) is 0.0625. The number of ether oxygens (including phenoxy) is 1. The van der Waals surface area contributed by atoms with Crippen molar-refractivity contribution < 1.29 is 26.7 Å². The van der Waals surface area contributed by atoms with Crippen molar-refractivity contribution >= 4 is 15.9 Å². The molecular weight excluding hydrogens is 354 g/mol. The zero-order valence-electron chi connectivity index (χ0n) is 12.8. The number of amides is 1. The Morgan fingerprint density at radius 3 is 2.60 bits per heavy atom. The minimum absolute atomic E-state index is 0.0713. The molecular formula is C16H14F2N2O4S. The van der Waals surface area contributed by atoms with E-state index in [4.69, 9.17) is 4.74 Å². The van der Waals surface area contributed by atoms with Crippen LogP contribution in [0.4, 0.5) is 8.78 Å². The molecule has 0 saturated heterocycles. The summed E-state index contributed by atoms with van der Waals surface area (Å²) >= 11 is 0. The van der Waals surface area contributed by atoms with Gasteiger partial charge in [0.05, 0.1) is 0 Å². The van der Waals surface area contributed by atoms with Crippen molar-refractivity contribution in [3.63, 3.8) is 0 Å². The second-order valence-electron chi connectivity index (χ2n) is 4.77. The first-order chi connectivity index (χ1) is 11.8. The van der Waals surface area contributed by atoms with Gasteiger partial charge in [0.1, 0.15) is 28.9 Å². The molecule has 25 heavy (non-hydrogen) atoms.